The van der Waals surface area contributed by atoms with E-state index in [1.165, 1.54) is 4.31 Å². The van der Waals surface area contributed by atoms with Gasteiger partial charge in [0.2, 0.25) is 15.9 Å². The van der Waals surface area contributed by atoms with Crippen LogP contribution in [-0.2, 0) is 14.8 Å². The Balaban J connectivity index is 1.53. The van der Waals surface area contributed by atoms with Gasteiger partial charge in [0.05, 0.1) is 5.92 Å². The van der Waals surface area contributed by atoms with Gasteiger partial charge < -0.3 is 9.42 Å². The molecule has 0 aliphatic carbocycles. The number of carbonyl (C=O) groups excluding carboxylic acids is 1. The van der Waals surface area contributed by atoms with Crippen molar-refractivity contribution in [1.29, 1.82) is 0 Å². The van der Waals surface area contributed by atoms with Crippen molar-refractivity contribution < 1.29 is 17.7 Å². The Hall–Kier alpha value is -1.97. The third kappa shape index (κ3) is 4.78. The molecule has 4 rings (SSSR count). The number of nitrogens with zero attached hydrogens (tertiary/aromatic N) is 3. The van der Waals surface area contributed by atoms with E-state index in [2.05, 4.69) is 12.1 Å². The third-order valence-electron chi connectivity index (χ3n) is 6.08. The molecule has 9 heteroatoms. The Morgan fingerprint density at radius 1 is 1.23 bits per heavy atom. The minimum Gasteiger partial charge on any atom is -0.355 e. The Kier molecular flexibility index (Phi) is 6.64. The first-order valence-corrected chi connectivity index (χ1v) is 13.1. The lowest BCUT2D eigenvalue weighted by Crippen LogP contribution is -2.49. The molecule has 1 amide bonds. The molecule has 0 unspecified atom stereocenters. The molecule has 0 saturated carbocycles. The minimum absolute atomic E-state index is 0.0892. The van der Waals surface area contributed by atoms with Crippen LogP contribution in [0.15, 0.2) is 26.9 Å². The predicted molar refractivity (Wildman–Crippen MR) is 121 cm³/mol. The van der Waals surface area contributed by atoms with Crippen LogP contribution in [0.2, 0.25) is 0 Å². The van der Waals surface area contributed by atoms with Crippen molar-refractivity contribution in [3.63, 3.8) is 0 Å². The van der Waals surface area contributed by atoms with Crippen LogP contribution in [0, 0.1) is 18.8 Å². The van der Waals surface area contributed by atoms with E-state index >= 15 is 0 Å². The first-order chi connectivity index (χ1) is 14.9. The molecular weight excluding hydrogens is 434 g/mol. The first kappa shape index (κ1) is 22.2. The van der Waals surface area contributed by atoms with E-state index in [0.717, 1.165) is 37.2 Å². The summed E-state index contributed by atoms with van der Waals surface area (Å²) >= 11 is 1.56. The fourth-order valence-corrected chi connectivity index (χ4v) is 6.87. The van der Waals surface area contributed by atoms with Crippen LogP contribution in [-0.4, -0.2) is 54.9 Å². The molecular formula is C22H29N3O4S2. The van der Waals surface area contributed by atoms with Crippen molar-refractivity contribution in [3.05, 3.63) is 33.8 Å². The van der Waals surface area contributed by atoms with E-state index in [-0.39, 0.29) is 29.0 Å². The van der Waals surface area contributed by atoms with Crippen LogP contribution < -0.4 is 0 Å². The minimum atomic E-state index is -3.82. The number of amides is 1. The van der Waals surface area contributed by atoms with Gasteiger partial charge in [-0.15, -0.1) is 11.3 Å². The monoisotopic (exact) mass is 463 g/mol. The molecule has 2 aliphatic rings. The van der Waals surface area contributed by atoms with Crippen LogP contribution in [0.25, 0.3) is 12.2 Å². The van der Waals surface area contributed by atoms with E-state index in [0.29, 0.717) is 24.6 Å². The summed E-state index contributed by atoms with van der Waals surface area (Å²) < 4.78 is 33.8. The third-order valence-corrected chi connectivity index (χ3v) is 8.94. The molecule has 0 N–H and O–H groups in total. The number of carbonyl (C=O) groups is 1. The zero-order valence-electron chi connectivity index (χ0n) is 18.0. The summed E-state index contributed by atoms with van der Waals surface area (Å²) in [6.45, 7) is 5.96. The number of hydrogen-bond donors (Lipinski definition) is 0. The van der Waals surface area contributed by atoms with E-state index < -0.39 is 10.0 Å². The van der Waals surface area contributed by atoms with E-state index in [4.69, 9.17) is 4.52 Å². The first-order valence-electron chi connectivity index (χ1n) is 10.8. The molecule has 7 nitrogen and oxygen atoms in total. The maximum atomic E-state index is 13.5. The number of likely N-dealkylation sites (tertiary alicyclic amines) is 1. The summed E-state index contributed by atoms with van der Waals surface area (Å²) in [5.74, 6) is 0.521. The molecule has 0 aromatic carbocycles. The zero-order chi connectivity index (χ0) is 22.0. The van der Waals surface area contributed by atoms with Gasteiger partial charge in [0.15, 0.2) is 10.7 Å². The second kappa shape index (κ2) is 9.26. The summed E-state index contributed by atoms with van der Waals surface area (Å²) in [5, 5.41) is 5.86. The van der Waals surface area contributed by atoms with Crippen molar-refractivity contribution in [2.75, 3.05) is 26.2 Å². The maximum absolute atomic E-state index is 13.5. The lowest BCUT2D eigenvalue weighted by Gasteiger charge is -2.37. The molecule has 0 radical (unpaired) electrons. The van der Waals surface area contributed by atoms with Gasteiger partial charge in [-0.25, -0.2) is 8.42 Å². The Labute approximate surface area is 187 Å². The number of sulfonamides is 1. The smallest absolute Gasteiger partial charge is 0.248 e. The predicted octanol–water partition coefficient (Wildman–Crippen LogP) is 3.87. The van der Waals surface area contributed by atoms with Crippen molar-refractivity contribution in [2.24, 2.45) is 11.8 Å². The fraction of sp³-hybridized carbons (Fsp3) is 0.545. The fourth-order valence-electron chi connectivity index (χ4n) is 4.48. The Morgan fingerprint density at radius 3 is 2.77 bits per heavy atom. The zero-order valence-corrected chi connectivity index (χ0v) is 19.6. The summed E-state index contributed by atoms with van der Waals surface area (Å²) in [5.41, 5.74) is 0.337. The number of aromatic nitrogens is 1. The molecule has 2 aromatic heterocycles. The highest BCUT2D eigenvalue weighted by atomic mass is 32.2. The number of aryl methyl sites for hydroxylation is 1. The van der Waals surface area contributed by atoms with E-state index in [9.17, 15) is 13.2 Å². The average molecular weight is 464 g/mol. The van der Waals surface area contributed by atoms with Crippen LogP contribution in [0.5, 0.6) is 0 Å². The molecule has 168 valence electrons. The molecule has 31 heavy (non-hydrogen) atoms. The molecule has 0 spiro atoms. The van der Waals surface area contributed by atoms with E-state index in [1.807, 2.05) is 28.5 Å². The molecule has 2 fully saturated rings. The van der Waals surface area contributed by atoms with Crippen molar-refractivity contribution >= 4 is 39.4 Å². The summed E-state index contributed by atoms with van der Waals surface area (Å²) in [4.78, 5) is 16.1. The lowest BCUT2D eigenvalue weighted by atomic mass is 9.94. The van der Waals surface area contributed by atoms with Gasteiger partial charge in [-0.3, -0.25) is 4.79 Å². The Bertz CT molecular complexity index is 1040. The van der Waals surface area contributed by atoms with Crippen LogP contribution in [0.4, 0.5) is 0 Å². The second-order valence-corrected chi connectivity index (χ2v) is 11.4. The quantitative estimate of drug-likeness (QED) is 0.672. The molecule has 0 bridgehead atoms. The number of piperidine rings is 2. The molecule has 2 atom stereocenters. The highest BCUT2D eigenvalue weighted by molar-refractivity contribution is 7.89. The largest absolute Gasteiger partial charge is 0.355 e. The van der Waals surface area contributed by atoms with Gasteiger partial charge in [0, 0.05) is 31.1 Å². The van der Waals surface area contributed by atoms with Gasteiger partial charge in [-0.05, 0) is 62.1 Å². The van der Waals surface area contributed by atoms with Gasteiger partial charge in [-0.2, -0.15) is 4.31 Å². The standard InChI is InChI=1S/C22H29N3O4S2/c1-16-6-3-11-24(14-16)22(26)18-7-4-12-25(15-18)31(27,28)21-17(2)23-29-20(21)10-9-19-8-5-13-30-19/h5,8-10,13,16,18H,3-4,6-7,11-12,14-15H2,1-2H3/b10-9+/t16-,18-/m1/s1. The van der Waals surface area contributed by atoms with Gasteiger partial charge >= 0.3 is 0 Å². The maximum Gasteiger partial charge on any atom is 0.248 e. The van der Waals surface area contributed by atoms with Gasteiger partial charge in [0.25, 0.3) is 0 Å². The Morgan fingerprint density at radius 2 is 2.03 bits per heavy atom. The molecule has 2 aromatic rings. The van der Waals surface area contributed by atoms with Crippen molar-refractivity contribution in [1.82, 2.24) is 14.4 Å². The number of thiophene rings is 1. The topological polar surface area (TPSA) is 83.7 Å². The molecule has 2 aliphatic heterocycles. The molecule has 2 saturated heterocycles. The van der Waals surface area contributed by atoms with Crippen molar-refractivity contribution in [2.45, 2.75) is 44.4 Å². The van der Waals surface area contributed by atoms with Crippen LogP contribution in [0.1, 0.15) is 48.9 Å². The summed E-state index contributed by atoms with van der Waals surface area (Å²) in [7, 11) is -3.82. The number of hydrogen-bond acceptors (Lipinski definition) is 6. The highest BCUT2D eigenvalue weighted by Crippen LogP contribution is 2.30. The molecule has 4 heterocycles. The SMILES string of the molecule is Cc1noc(/C=C/c2cccs2)c1S(=O)(=O)N1CCC[C@@H](C(=O)N2CCC[C@@H](C)C2)C1. The highest BCUT2D eigenvalue weighted by Gasteiger charge is 2.38. The van der Waals surface area contributed by atoms with Gasteiger partial charge in [-0.1, -0.05) is 18.1 Å². The van der Waals surface area contributed by atoms with Crippen LogP contribution in [0.3, 0.4) is 0 Å². The average Bonchev–Trinajstić information content (AvgIpc) is 3.41. The van der Waals surface area contributed by atoms with Crippen LogP contribution >= 0.6 is 11.3 Å². The normalized spacial score (nSPS) is 23.5. The summed E-state index contributed by atoms with van der Waals surface area (Å²) in [6, 6.07) is 3.88. The van der Waals surface area contributed by atoms with Gasteiger partial charge in [0.1, 0.15) is 5.69 Å². The second-order valence-electron chi connectivity index (χ2n) is 8.54. The summed E-state index contributed by atoms with van der Waals surface area (Å²) in [6.07, 6.45) is 7.03. The lowest BCUT2D eigenvalue weighted by molar-refractivity contribution is -0.138. The number of rotatable bonds is 5. The van der Waals surface area contributed by atoms with Crippen molar-refractivity contribution in [3.8, 4) is 0 Å². The van der Waals surface area contributed by atoms with E-state index in [1.54, 1.807) is 24.3 Å².